The summed E-state index contributed by atoms with van der Waals surface area (Å²) in [6, 6.07) is -0.829. The van der Waals surface area contributed by atoms with Crippen LogP contribution in [0.3, 0.4) is 0 Å². The number of carbonyl (C=O) groups excluding carboxylic acids is 1. The molecule has 1 aliphatic carbocycles. The molecule has 1 amide bonds. The number of nitrogens with two attached hydrogens (primary N) is 1. The minimum atomic E-state index is -0.982. The standard InChI is InChI=1S/C11H15N3O3/c12-10(11(16)17)5-8-1-3-9(4-2-8)6-13-14-7-15/h1,3-4,6-8,10H,2,5,12H2,(H,14,15)(H,16,17)/b13-6+/t8?,10-/m0/s1. The van der Waals surface area contributed by atoms with Crippen molar-refractivity contribution in [2.24, 2.45) is 16.8 Å². The molecule has 0 aromatic carbocycles. The average molecular weight is 237 g/mol. The molecule has 0 aliphatic heterocycles. The fourth-order valence-electron chi connectivity index (χ4n) is 1.52. The maximum absolute atomic E-state index is 10.6. The van der Waals surface area contributed by atoms with E-state index in [1.54, 1.807) is 0 Å². The number of nitrogens with zero attached hydrogens (tertiary/aromatic N) is 1. The van der Waals surface area contributed by atoms with Gasteiger partial charge in [0, 0.05) is 0 Å². The molecular formula is C11H15N3O3. The highest BCUT2D eigenvalue weighted by Crippen LogP contribution is 2.19. The van der Waals surface area contributed by atoms with Crippen molar-refractivity contribution in [1.82, 2.24) is 5.43 Å². The van der Waals surface area contributed by atoms with Gasteiger partial charge in [0.2, 0.25) is 6.41 Å². The molecule has 0 saturated carbocycles. The highest BCUT2D eigenvalue weighted by Gasteiger charge is 2.17. The number of carbonyl (C=O) groups is 2. The maximum Gasteiger partial charge on any atom is 0.320 e. The molecule has 4 N–H and O–H groups in total. The summed E-state index contributed by atoms with van der Waals surface area (Å²) in [5.74, 6) is -0.845. The lowest BCUT2D eigenvalue weighted by molar-refractivity contribution is -0.138. The molecular weight excluding hydrogens is 222 g/mol. The van der Waals surface area contributed by atoms with Crippen LogP contribution in [0.5, 0.6) is 0 Å². The second-order valence-electron chi connectivity index (χ2n) is 3.74. The van der Waals surface area contributed by atoms with Crippen molar-refractivity contribution < 1.29 is 14.7 Å². The van der Waals surface area contributed by atoms with Crippen molar-refractivity contribution >= 4 is 18.6 Å². The summed E-state index contributed by atoms with van der Waals surface area (Å²) >= 11 is 0. The van der Waals surface area contributed by atoms with Crippen molar-refractivity contribution in [2.75, 3.05) is 0 Å². The molecule has 0 heterocycles. The quantitative estimate of drug-likeness (QED) is 0.344. The zero-order valence-corrected chi connectivity index (χ0v) is 9.24. The van der Waals surface area contributed by atoms with Crippen LogP contribution in [0.2, 0.25) is 0 Å². The van der Waals surface area contributed by atoms with E-state index < -0.39 is 12.0 Å². The number of hydrazone groups is 1. The predicted octanol–water partition coefficient (Wildman–Crippen LogP) is 0.0227. The summed E-state index contributed by atoms with van der Waals surface area (Å²) in [7, 11) is 0. The molecule has 0 spiro atoms. The molecule has 6 heteroatoms. The molecule has 0 aromatic heterocycles. The first-order chi connectivity index (χ1) is 8.13. The molecule has 0 aromatic rings. The summed E-state index contributed by atoms with van der Waals surface area (Å²) in [6.45, 7) is 0. The van der Waals surface area contributed by atoms with Crippen LogP contribution in [-0.2, 0) is 9.59 Å². The summed E-state index contributed by atoms with van der Waals surface area (Å²) in [5, 5.41) is 12.3. The zero-order valence-electron chi connectivity index (χ0n) is 9.24. The van der Waals surface area contributed by atoms with E-state index in [1.165, 1.54) is 6.21 Å². The molecule has 0 bridgehead atoms. The number of carboxylic acids is 1. The van der Waals surface area contributed by atoms with Crippen LogP contribution in [0.15, 0.2) is 28.9 Å². The Morgan fingerprint density at radius 1 is 1.76 bits per heavy atom. The SMILES string of the molecule is N[C@@H](CC1C=CC(/C=N/NC=O)=CC1)C(=O)O. The van der Waals surface area contributed by atoms with Gasteiger partial charge in [0.05, 0.1) is 6.21 Å². The topological polar surface area (TPSA) is 105 Å². The Hall–Kier alpha value is -1.95. The number of aliphatic carboxylic acids is 1. The van der Waals surface area contributed by atoms with Crippen LogP contribution in [0, 0.1) is 5.92 Å². The minimum Gasteiger partial charge on any atom is -0.480 e. The number of rotatable bonds is 6. The first-order valence-electron chi connectivity index (χ1n) is 5.22. The smallest absolute Gasteiger partial charge is 0.320 e. The number of nitrogens with one attached hydrogen (secondary N) is 1. The first kappa shape index (κ1) is 13.1. The molecule has 6 nitrogen and oxygen atoms in total. The van der Waals surface area contributed by atoms with Gasteiger partial charge in [0.15, 0.2) is 0 Å². The third-order valence-electron chi connectivity index (χ3n) is 2.43. The van der Waals surface area contributed by atoms with Gasteiger partial charge in [0.1, 0.15) is 6.04 Å². The van der Waals surface area contributed by atoms with E-state index in [0.29, 0.717) is 12.8 Å². The van der Waals surface area contributed by atoms with Crippen LogP contribution in [-0.4, -0.2) is 29.7 Å². The predicted molar refractivity (Wildman–Crippen MR) is 63.2 cm³/mol. The molecule has 17 heavy (non-hydrogen) atoms. The summed E-state index contributed by atoms with van der Waals surface area (Å²) in [5.41, 5.74) is 8.50. The van der Waals surface area contributed by atoms with Crippen molar-refractivity contribution in [3.05, 3.63) is 23.8 Å². The summed E-state index contributed by atoms with van der Waals surface area (Å²) in [6.07, 6.45) is 8.81. The van der Waals surface area contributed by atoms with Crippen LogP contribution in [0.1, 0.15) is 12.8 Å². The largest absolute Gasteiger partial charge is 0.480 e. The Morgan fingerprint density at radius 3 is 3.06 bits per heavy atom. The van der Waals surface area contributed by atoms with E-state index in [1.807, 2.05) is 18.2 Å². The van der Waals surface area contributed by atoms with Gasteiger partial charge in [-0.25, -0.2) is 5.43 Å². The summed E-state index contributed by atoms with van der Waals surface area (Å²) < 4.78 is 0. The molecule has 0 radical (unpaired) electrons. The van der Waals surface area contributed by atoms with Crippen molar-refractivity contribution in [3.63, 3.8) is 0 Å². The number of carboxylic acid groups (broad SMARTS) is 1. The van der Waals surface area contributed by atoms with Crippen molar-refractivity contribution in [2.45, 2.75) is 18.9 Å². The van der Waals surface area contributed by atoms with Gasteiger partial charge in [0.25, 0.3) is 0 Å². The van der Waals surface area contributed by atoms with E-state index in [9.17, 15) is 9.59 Å². The van der Waals surface area contributed by atoms with Crippen molar-refractivity contribution in [3.8, 4) is 0 Å². The van der Waals surface area contributed by atoms with Crippen LogP contribution in [0.25, 0.3) is 0 Å². The van der Waals surface area contributed by atoms with E-state index in [2.05, 4.69) is 10.5 Å². The highest BCUT2D eigenvalue weighted by molar-refractivity contribution is 5.82. The molecule has 0 fully saturated rings. The third kappa shape index (κ3) is 4.60. The minimum absolute atomic E-state index is 0.136. The first-order valence-corrected chi connectivity index (χ1v) is 5.22. The lowest BCUT2D eigenvalue weighted by atomic mass is 9.91. The van der Waals surface area contributed by atoms with Gasteiger partial charge in [-0.05, 0) is 24.3 Å². The fraction of sp³-hybridized carbons (Fsp3) is 0.364. The monoisotopic (exact) mass is 237 g/mol. The second-order valence-corrected chi connectivity index (χ2v) is 3.74. The Bertz CT molecular complexity index is 374. The molecule has 92 valence electrons. The molecule has 1 rings (SSSR count). The van der Waals surface area contributed by atoms with Gasteiger partial charge in [-0.1, -0.05) is 18.2 Å². The van der Waals surface area contributed by atoms with E-state index in [-0.39, 0.29) is 5.92 Å². The Morgan fingerprint density at radius 2 is 2.53 bits per heavy atom. The van der Waals surface area contributed by atoms with Crippen LogP contribution >= 0.6 is 0 Å². The zero-order chi connectivity index (χ0) is 12.7. The lowest BCUT2D eigenvalue weighted by Gasteiger charge is -2.16. The van der Waals surface area contributed by atoms with Gasteiger partial charge in [-0.15, -0.1) is 0 Å². The molecule has 1 unspecified atom stereocenters. The van der Waals surface area contributed by atoms with Crippen LogP contribution in [0.4, 0.5) is 0 Å². The Labute approximate surface area is 98.9 Å². The highest BCUT2D eigenvalue weighted by atomic mass is 16.4. The maximum atomic E-state index is 10.6. The number of amides is 1. The Kier molecular flexibility index (Phi) is 5.09. The van der Waals surface area contributed by atoms with Crippen LogP contribution < -0.4 is 11.2 Å². The number of allylic oxidation sites excluding steroid dienone is 4. The van der Waals surface area contributed by atoms with Gasteiger partial charge in [-0.3, -0.25) is 9.59 Å². The van der Waals surface area contributed by atoms with Gasteiger partial charge in [-0.2, -0.15) is 5.10 Å². The second kappa shape index (κ2) is 6.59. The van der Waals surface area contributed by atoms with E-state index in [0.717, 1.165) is 12.0 Å². The van der Waals surface area contributed by atoms with Crippen molar-refractivity contribution in [1.29, 1.82) is 0 Å². The number of hydrogen-bond acceptors (Lipinski definition) is 4. The average Bonchev–Trinajstić information content (AvgIpc) is 2.31. The van der Waals surface area contributed by atoms with E-state index in [4.69, 9.17) is 10.8 Å². The molecule has 1 aliphatic rings. The normalized spacial score (nSPS) is 21.0. The Balaban J connectivity index is 2.42. The summed E-state index contributed by atoms with van der Waals surface area (Å²) in [4.78, 5) is 20.5. The fourth-order valence-corrected chi connectivity index (χ4v) is 1.52. The van der Waals surface area contributed by atoms with E-state index >= 15 is 0 Å². The molecule has 2 atom stereocenters. The number of hydrogen-bond donors (Lipinski definition) is 3. The van der Waals surface area contributed by atoms with Gasteiger partial charge >= 0.3 is 5.97 Å². The van der Waals surface area contributed by atoms with Gasteiger partial charge < -0.3 is 10.8 Å². The molecule has 0 saturated heterocycles. The lowest BCUT2D eigenvalue weighted by Crippen LogP contribution is -2.32. The third-order valence-corrected chi connectivity index (χ3v) is 2.43.